The minimum atomic E-state index is -0.618. The number of nitrogens with zero attached hydrogens (tertiary/aromatic N) is 2. The van der Waals surface area contributed by atoms with E-state index < -0.39 is 5.60 Å². The summed E-state index contributed by atoms with van der Waals surface area (Å²) in [7, 11) is 0. The number of anilines is 1. The van der Waals surface area contributed by atoms with Crippen molar-refractivity contribution < 1.29 is 5.11 Å². The van der Waals surface area contributed by atoms with E-state index in [1.807, 2.05) is 32.0 Å². The molecule has 2 rings (SSSR count). The van der Waals surface area contributed by atoms with E-state index in [1.165, 1.54) is 0 Å². The Labute approximate surface area is 114 Å². The number of hydrogen-bond acceptors (Lipinski definition) is 3. The van der Waals surface area contributed by atoms with Gasteiger partial charge in [-0.05, 0) is 26.0 Å². The molecule has 0 unspecified atom stereocenters. The molecule has 1 heterocycles. The van der Waals surface area contributed by atoms with Crippen molar-refractivity contribution in [2.45, 2.75) is 19.4 Å². The van der Waals surface area contributed by atoms with E-state index in [2.05, 4.69) is 15.9 Å². The van der Waals surface area contributed by atoms with Gasteiger partial charge in [0.2, 0.25) is 0 Å². The maximum Gasteiger partial charge on any atom is 0.0718 e. The topological polar surface area (TPSA) is 26.7 Å². The number of halogens is 1. The highest BCUT2D eigenvalue weighted by molar-refractivity contribution is 6.33. The normalized spacial score (nSPS) is 18.1. The molecule has 0 bridgehead atoms. The lowest BCUT2D eigenvalue weighted by molar-refractivity contribution is 0.0345. The Morgan fingerprint density at radius 3 is 2.33 bits per heavy atom. The number of piperazine rings is 1. The van der Waals surface area contributed by atoms with Gasteiger partial charge in [0, 0.05) is 32.7 Å². The zero-order valence-electron chi connectivity index (χ0n) is 11.1. The lowest BCUT2D eigenvalue weighted by atomic mass is 10.1. The summed E-state index contributed by atoms with van der Waals surface area (Å²) in [4.78, 5) is 4.61. The second-order valence-corrected chi connectivity index (χ2v) is 5.93. The molecule has 1 aliphatic heterocycles. The van der Waals surface area contributed by atoms with Gasteiger partial charge in [0.25, 0.3) is 0 Å². The molecule has 0 radical (unpaired) electrons. The third-order valence-electron chi connectivity index (χ3n) is 3.18. The second kappa shape index (κ2) is 5.47. The van der Waals surface area contributed by atoms with Gasteiger partial charge in [0.1, 0.15) is 0 Å². The predicted octanol–water partition coefficient (Wildman–Crippen LogP) is 2.23. The number of aliphatic hydroxyl groups is 1. The highest BCUT2D eigenvalue weighted by Gasteiger charge is 2.23. The van der Waals surface area contributed by atoms with E-state index >= 15 is 0 Å². The van der Waals surface area contributed by atoms with Crippen molar-refractivity contribution >= 4 is 17.3 Å². The average Bonchev–Trinajstić information content (AvgIpc) is 2.29. The van der Waals surface area contributed by atoms with E-state index in [0.717, 1.165) is 43.4 Å². The molecule has 0 spiro atoms. The molecule has 0 amide bonds. The van der Waals surface area contributed by atoms with Crippen LogP contribution in [0.1, 0.15) is 13.8 Å². The van der Waals surface area contributed by atoms with Crippen LogP contribution in [0, 0.1) is 0 Å². The molecule has 1 fully saturated rings. The number of β-amino-alcohol motifs (C(OH)–C–C–N with tert-alkyl or cyclic N) is 1. The molecule has 1 aromatic rings. The van der Waals surface area contributed by atoms with Gasteiger partial charge in [0.05, 0.1) is 16.3 Å². The average molecular weight is 269 g/mol. The molecule has 0 aliphatic carbocycles. The van der Waals surface area contributed by atoms with Gasteiger partial charge in [-0.2, -0.15) is 0 Å². The zero-order valence-corrected chi connectivity index (χ0v) is 11.8. The number of para-hydroxylation sites is 1. The minimum Gasteiger partial charge on any atom is -0.389 e. The minimum absolute atomic E-state index is 0.618. The fourth-order valence-corrected chi connectivity index (χ4v) is 2.66. The van der Waals surface area contributed by atoms with Crippen LogP contribution in [-0.2, 0) is 0 Å². The molecule has 1 aromatic carbocycles. The van der Waals surface area contributed by atoms with Crippen LogP contribution >= 0.6 is 11.6 Å². The standard InChI is InChI=1S/C14H21ClN2O/c1-14(2,18)11-16-7-9-17(10-8-16)13-6-4-3-5-12(13)15/h3-6,18H,7-11H2,1-2H3. The van der Waals surface area contributed by atoms with Crippen molar-refractivity contribution in [3.8, 4) is 0 Å². The third kappa shape index (κ3) is 3.61. The summed E-state index contributed by atoms with van der Waals surface area (Å²) in [6.45, 7) is 8.29. The molecule has 3 nitrogen and oxygen atoms in total. The van der Waals surface area contributed by atoms with Crippen LogP contribution in [0.15, 0.2) is 24.3 Å². The fourth-order valence-electron chi connectivity index (χ4n) is 2.40. The Morgan fingerprint density at radius 1 is 1.17 bits per heavy atom. The lowest BCUT2D eigenvalue weighted by Gasteiger charge is -2.38. The monoisotopic (exact) mass is 268 g/mol. The van der Waals surface area contributed by atoms with Crippen LogP contribution in [0.25, 0.3) is 0 Å². The van der Waals surface area contributed by atoms with Crippen LogP contribution < -0.4 is 4.90 Å². The largest absolute Gasteiger partial charge is 0.389 e. The maximum absolute atomic E-state index is 9.82. The molecule has 1 saturated heterocycles. The molecule has 18 heavy (non-hydrogen) atoms. The smallest absolute Gasteiger partial charge is 0.0718 e. The van der Waals surface area contributed by atoms with Gasteiger partial charge >= 0.3 is 0 Å². The SMILES string of the molecule is CC(C)(O)CN1CCN(c2ccccc2Cl)CC1. The van der Waals surface area contributed by atoms with Crippen molar-refractivity contribution in [2.75, 3.05) is 37.6 Å². The molecule has 1 N–H and O–H groups in total. The summed E-state index contributed by atoms with van der Waals surface area (Å²) in [5.74, 6) is 0. The van der Waals surface area contributed by atoms with E-state index in [0.29, 0.717) is 0 Å². The summed E-state index contributed by atoms with van der Waals surface area (Å²) in [5, 5.41) is 10.6. The molecular formula is C14H21ClN2O. The van der Waals surface area contributed by atoms with Crippen molar-refractivity contribution in [1.29, 1.82) is 0 Å². The van der Waals surface area contributed by atoms with Crippen LogP contribution in [0.3, 0.4) is 0 Å². The Hall–Kier alpha value is -0.770. The molecule has 0 aromatic heterocycles. The van der Waals surface area contributed by atoms with Crippen molar-refractivity contribution in [3.05, 3.63) is 29.3 Å². The van der Waals surface area contributed by atoms with E-state index in [4.69, 9.17) is 11.6 Å². The van der Waals surface area contributed by atoms with Gasteiger partial charge in [-0.1, -0.05) is 23.7 Å². The fraction of sp³-hybridized carbons (Fsp3) is 0.571. The highest BCUT2D eigenvalue weighted by atomic mass is 35.5. The molecule has 0 atom stereocenters. The van der Waals surface area contributed by atoms with Crippen molar-refractivity contribution in [1.82, 2.24) is 4.90 Å². The Balaban J connectivity index is 1.93. The van der Waals surface area contributed by atoms with Gasteiger partial charge in [-0.15, -0.1) is 0 Å². The number of hydrogen-bond donors (Lipinski definition) is 1. The molecule has 0 saturated carbocycles. The van der Waals surface area contributed by atoms with Crippen molar-refractivity contribution in [3.63, 3.8) is 0 Å². The van der Waals surface area contributed by atoms with Gasteiger partial charge in [-0.3, -0.25) is 4.90 Å². The van der Waals surface area contributed by atoms with Crippen LogP contribution in [0.5, 0.6) is 0 Å². The molecular weight excluding hydrogens is 248 g/mol. The molecule has 4 heteroatoms. The van der Waals surface area contributed by atoms with Gasteiger partial charge in [0.15, 0.2) is 0 Å². The van der Waals surface area contributed by atoms with Crippen LogP contribution in [0.4, 0.5) is 5.69 Å². The summed E-state index contributed by atoms with van der Waals surface area (Å²) in [6, 6.07) is 7.97. The first-order chi connectivity index (χ1) is 8.46. The maximum atomic E-state index is 9.82. The van der Waals surface area contributed by atoms with E-state index in [9.17, 15) is 5.11 Å². The summed E-state index contributed by atoms with van der Waals surface area (Å²) < 4.78 is 0. The highest BCUT2D eigenvalue weighted by Crippen LogP contribution is 2.26. The zero-order chi connectivity index (χ0) is 13.2. The Bertz CT molecular complexity index is 395. The molecule has 1 aliphatic rings. The van der Waals surface area contributed by atoms with E-state index in [1.54, 1.807) is 0 Å². The summed E-state index contributed by atoms with van der Waals surface area (Å²) in [5.41, 5.74) is 0.495. The first-order valence-electron chi connectivity index (χ1n) is 6.40. The summed E-state index contributed by atoms with van der Waals surface area (Å²) >= 11 is 6.21. The van der Waals surface area contributed by atoms with Gasteiger partial charge in [-0.25, -0.2) is 0 Å². The first-order valence-corrected chi connectivity index (χ1v) is 6.78. The van der Waals surface area contributed by atoms with Crippen LogP contribution in [0.2, 0.25) is 5.02 Å². The quantitative estimate of drug-likeness (QED) is 0.911. The van der Waals surface area contributed by atoms with Gasteiger partial charge < -0.3 is 10.0 Å². The second-order valence-electron chi connectivity index (χ2n) is 5.53. The predicted molar refractivity (Wildman–Crippen MR) is 76.4 cm³/mol. The van der Waals surface area contributed by atoms with Crippen molar-refractivity contribution in [2.24, 2.45) is 0 Å². The Morgan fingerprint density at radius 2 is 1.78 bits per heavy atom. The Kier molecular flexibility index (Phi) is 4.15. The molecule has 100 valence electrons. The number of rotatable bonds is 3. The van der Waals surface area contributed by atoms with Crippen LogP contribution in [-0.4, -0.2) is 48.3 Å². The third-order valence-corrected chi connectivity index (χ3v) is 3.50. The van der Waals surface area contributed by atoms with E-state index in [-0.39, 0.29) is 0 Å². The summed E-state index contributed by atoms with van der Waals surface area (Å²) in [6.07, 6.45) is 0. The first kappa shape index (κ1) is 13.7. The lowest BCUT2D eigenvalue weighted by Crippen LogP contribution is -2.50. The number of benzene rings is 1.